The van der Waals surface area contributed by atoms with E-state index in [2.05, 4.69) is 5.32 Å². The van der Waals surface area contributed by atoms with Crippen molar-refractivity contribution >= 4 is 10.0 Å². The zero-order valence-electron chi connectivity index (χ0n) is 9.21. The van der Waals surface area contributed by atoms with Crippen molar-refractivity contribution in [3.63, 3.8) is 0 Å². The van der Waals surface area contributed by atoms with Gasteiger partial charge < -0.3 is 5.32 Å². The molecule has 0 atom stereocenters. The Bertz CT molecular complexity index is 285. The topological polar surface area (TPSA) is 49.4 Å². The molecule has 0 aromatic rings. The molecule has 1 rings (SSSR count). The molecule has 0 aromatic heterocycles. The largest absolute Gasteiger partial charge is 0.319 e. The summed E-state index contributed by atoms with van der Waals surface area (Å²) < 4.78 is 25.4. The van der Waals surface area contributed by atoms with Crippen molar-refractivity contribution in [2.75, 3.05) is 25.9 Å². The summed E-state index contributed by atoms with van der Waals surface area (Å²) in [6, 6.07) is 0. The summed E-state index contributed by atoms with van der Waals surface area (Å²) in [4.78, 5) is 0. The van der Waals surface area contributed by atoms with Crippen LogP contribution >= 0.6 is 0 Å². The second-order valence-electron chi connectivity index (χ2n) is 4.41. The van der Waals surface area contributed by atoms with E-state index >= 15 is 0 Å². The van der Waals surface area contributed by atoms with Crippen LogP contribution < -0.4 is 5.32 Å². The Morgan fingerprint density at radius 1 is 1.43 bits per heavy atom. The van der Waals surface area contributed by atoms with Crippen LogP contribution in [0.25, 0.3) is 0 Å². The SMILES string of the molecule is CNCCS(=O)(=O)N1CCCC1(C)C. The fourth-order valence-corrected chi connectivity index (χ4v) is 3.87. The van der Waals surface area contributed by atoms with Crippen molar-refractivity contribution in [1.82, 2.24) is 9.62 Å². The fraction of sp³-hybridized carbons (Fsp3) is 1.00. The molecule has 0 amide bonds. The van der Waals surface area contributed by atoms with E-state index in [1.807, 2.05) is 13.8 Å². The molecule has 0 unspecified atom stereocenters. The van der Waals surface area contributed by atoms with Crippen LogP contribution in [0.3, 0.4) is 0 Å². The van der Waals surface area contributed by atoms with E-state index in [0.717, 1.165) is 12.8 Å². The van der Waals surface area contributed by atoms with Gasteiger partial charge >= 0.3 is 0 Å². The van der Waals surface area contributed by atoms with E-state index in [4.69, 9.17) is 0 Å². The van der Waals surface area contributed by atoms with Crippen molar-refractivity contribution in [2.24, 2.45) is 0 Å². The minimum atomic E-state index is -3.06. The van der Waals surface area contributed by atoms with Crippen LogP contribution in [0.1, 0.15) is 26.7 Å². The maximum Gasteiger partial charge on any atom is 0.215 e. The second kappa shape index (κ2) is 4.16. The van der Waals surface area contributed by atoms with Gasteiger partial charge in [0.25, 0.3) is 0 Å². The summed E-state index contributed by atoms with van der Waals surface area (Å²) in [6.07, 6.45) is 1.94. The maximum atomic E-state index is 11.9. The first kappa shape index (κ1) is 11.9. The van der Waals surface area contributed by atoms with Crippen LogP contribution in [0, 0.1) is 0 Å². The minimum absolute atomic E-state index is 0.188. The van der Waals surface area contributed by atoms with Crippen molar-refractivity contribution in [3.8, 4) is 0 Å². The van der Waals surface area contributed by atoms with Gasteiger partial charge in [-0.15, -0.1) is 0 Å². The maximum absolute atomic E-state index is 11.9. The molecule has 0 radical (unpaired) electrons. The lowest BCUT2D eigenvalue weighted by atomic mass is 10.0. The molecular weight excluding hydrogens is 200 g/mol. The molecule has 0 bridgehead atoms. The second-order valence-corrected chi connectivity index (χ2v) is 6.42. The molecule has 1 aliphatic heterocycles. The Balaban J connectivity index is 2.72. The van der Waals surface area contributed by atoms with Gasteiger partial charge in [-0.05, 0) is 33.7 Å². The van der Waals surface area contributed by atoms with Crippen molar-refractivity contribution in [1.29, 1.82) is 0 Å². The molecule has 5 heteroatoms. The first-order valence-electron chi connectivity index (χ1n) is 5.05. The summed E-state index contributed by atoms with van der Waals surface area (Å²) in [7, 11) is -1.29. The third-order valence-corrected chi connectivity index (χ3v) is 4.84. The van der Waals surface area contributed by atoms with E-state index < -0.39 is 10.0 Å². The molecule has 0 saturated carbocycles. The Hall–Kier alpha value is -0.130. The van der Waals surface area contributed by atoms with Crippen LogP contribution in [0.2, 0.25) is 0 Å². The van der Waals surface area contributed by atoms with Gasteiger partial charge in [0.05, 0.1) is 5.75 Å². The molecule has 0 aromatic carbocycles. The molecule has 84 valence electrons. The predicted molar refractivity (Wildman–Crippen MR) is 57.7 cm³/mol. The van der Waals surface area contributed by atoms with E-state index in [1.165, 1.54) is 0 Å². The molecule has 1 heterocycles. The van der Waals surface area contributed by atoms with Crippen LogP contribution in [0.5, 0.6) is 0 Å². The third-order valence-electron chi connectivity index (χ3n) is 2.77. The Morgan fingerprint density at radius 3 is 2.50 bits per heavy atom. The highest BCUT2D eigenvalue weighted by Gasteiger charge is 2.39. The Labute approximate surface area is 86.7 Å². The van der Waals surface area contributed by atoms with Gasteiger partial charge in [0.1, 0.15) is 0 Å². The average Bonchev–Trinajstić information content (AvgIpc) is 2.42. The molecule has 1 N–H and O–H groups in total. The highest BCUT2D eigenvalue weighted by molar-refractivity contribution is 7.89. The van der Waals surface area contributed by atoms with Crippen molar-refractivity contribution < 1.29 is 8.42 Å². The molecule has 1 saturated heterocycles. The van der Waals surface area contributed by atoms with Crippen LogP contribution in [0.4, 0.5) is 0 Å². The number of nitrogens with zero attached hydrogens (tertiary/aromatic N) is 1. The molecule has 14 heavy (non-hydrogen) atoms. The number of nitrogens with one attached hydrogen (secondary N) is 1. The summed E-state index contributed by atoms with van der Waals surface area (Å²) >= 11 is 0. The summed E-state index contributed by atoms with van der Waals surface area (Å²) in [5, 5.41) is 2.87. The van der Waals surface area contributed by atoms with E-state index in [1.54, 1.807) is 11.4 Å². The number of hydrogen-bond acceptors (Lipinski definition) is 3. The predicted octanol–water partition coefficient (Wildman–Crippen LogP) is 0.410. The van der Waals surface area contributed by atoms with Gasteiger partial charge in [-0.1, -0.05) is 0 Å². The summed E-state index contributed by atoms with van der Waals surface area (Å²) in [5.74, 6) is 0.201. The molecule has 1 fully saturated rings. The van der Waals surface area contributed by atoms with Crippen LogP contribution in [0.15, 0.2) is 0 Å². The Morgan fingerprint density at radius 2 is 2.07 bits per heavy atom. The first-order valence-corrected chi connectivity index (χ1v) is 6.66. The number of hydrogen-bond donors (Lipinski definition) is 1. The van der Waals surface area contributed by atoms with E-state index in [-0.39, 0.29) is 11.3 Å². The zero-order valence-corrected chi connectivity index (χ0v) is 10.0. The standard InChI is InChI=1S/C9H20N2O2S/c1-9(2)5-4-7-11(9)14(12,13)8-6-10-3/h10H,4-8H2,1-3H3. The quantitative estimate of drug-likeness (QED) is 0.746. The third kappa shape index (κ3) is 2.46. The van der Waals surface area contributed by atoms with Gasteiger partial charge in [0, 0.05) is 18.6 Å². The molecule has 4 nitrogen and oxygen atoms in total. The monoisotopic (exact) mass is 220 g/mol. The zero-order chi connectivity index (χ0) is 10.8. The molecule has 0 aliphatic carbocycles. The van der Waals surface area contributed by atoms with Gasteiger partial charge in [-0.2, -0.15) is 4.31 Å². The average molecular weight is 220 g/mol. The minimum Gasteiger partial charge on any atom is -0.319 e. The lowest BCUT2D eigenvalue weighted by molar-refractivity contribution is 0.291. The van der Waals surface area contributed by atoms with E-state index in [0.29, 0.717) is 13.1 Å². The van der Waals surface area contributed by atoms with Gasteiger partial charge in [-0.3, -0.25) is 0 Å². The molecule has 0 spiro atoms. The molecular formula is C9H20N2O2S. The van der Waals surface area contributed by atoms with Gasteiger partial charge in [-0.25, -0.2) is 8.42 Å². The van der Waals surface area contributed by atoms with Gasteiger partial charge in [0.15, 0.2) is 0 Å². The lowest BCUT2D eigenvalue weighted by Crippen LogP contribution is -2.44. The van der Waals surface area contributed by atoms with Crippen LogP contribution in [-0.2, 0) is 10.0 Å². The Kier molecular flexibility index (Phi) is 3.55. The van der Waals surface area contributed by atoms with Gasteiger partial charge in [0.2, 0.25) is 10.0 Å². The summed E-state index contributed by atoms with van der Waals surface area (Å²) in [5.41, 5.74) is -0.188. The molecule has 1 aliphatic rings. The normalized spacial score (nSPS) is 22.8. The highest BCUT2D eigenvalue weighted by Crippen LogP contribution is 2.30. The van der Waals surface area contributed by atoms with E-state index in [9.17, 15) is 8.42 Å². The smallest absolute Gasteiger partial charge is 0.215 e. The van der Waals surface area contributed by atoms with Crippen LogP contribution in [-0.4, -0.2) is 44.2 Å². The highest BCUT2D eigenvalue weighted by atomic mass is 32.2. The lowest BCUT2D eigenvalue weighted by Gasteiger charge is -2.30. The number of rotatable bonds is 4. The van der Waals surface area contributed by atoms with Crippen molar-refractivity contribution in [3.05, 3.63) is 0 Å². The summed E-state index contributed by atoms with van der Waals surface area (Å²) in [6.45, 7) is 5.20. The van der Waals surface area contributed by atoms with Crippen molar-refractivity contribution in [2.45, 2.75) is 32.2 Å². The fourth-order valence-electron chi connectivity index (χ4n) is 1.94. The first-order chi connectivity index (χ1) is 6.40. The number of sulfonamides is 1.